The molecule has 4 heteroatoms. The number of hydrogen-bond acceptors (Lipinski definition) is 3. The van der Waals surface area contributed by atoms with Crippen molar-refractivity contribution in [1.29, 1.82) is 0 Å². The molecule has 0 aromatic heterocycles. The molecule has 1 unspecified atom stereocenters. The van der Waals surface area contributed by atoms with Crippen molar-refractivity contribution in [2.24, 2.45) is 5.92 Å². The van der Waals surface area contributed by atoms with Gasteiger partial charge >= 0.3 is 0 Å². The molecule has 1 aliphatic heterocycles. The molecule has 0 aliphatic carbocycles. The average Bonchev–Trinajstić information content (AvgIpc) is 2.83. The lowest BCUT2D eigenvalue weighted by molar-refractivity contribution is -0.139. The first-order valence-corrected chi connectivity index (χ1v) is 9.27. The van der Waals surface area contributed by atoms with Crippen molar-refractivity contribution in [2.45, 2.75) is 58.9 Å². The van der Waals surface area contributed by atoms with Gasteiger partial charge in [-0.05, 0) is 37.5 Å². The molecule has 0 bridgehead atoms. The van der Waals surface area contributed by atoms with Crippen LogP contribution in [-0.4, -0.2) is 23.8 Å². The van der Waals surface area contributed by atoms with E-state index in [1.807, 2.05) is 37.3 Å². The van der Waals surface area contributed by atoms with Crippen molar-refractivity contribution in [1.82, 2.24) is 4.90 Å². The Balaban J connectivity index is 1.96. The SMILES string of the molecule is CCCCCCC/C=C1\C(=O)N(Cc2ccc(OC)cc2)C(=O)C1C. The highest BCUT2D eigenvalue weighted by atomic mass is 16.5. The van der Waals surface area contributed by atoms with Gasteiger partial charge in [0.1, 0.15) is 5.75 Å². The molecule has 1 aromatic carbocycles. The fraction of sp³-hybridized carbons (Fsp3) is 0.524. The van der Waals surface area contributed by atoms with Crippen LogP contribution in [0.3, 0.4) is 0 Å². The predicted octanol–water partition coefficient (Wildman–Crippen LogP) is 4.49. The molecule has 0 saturated carbocycles. The van der Waals surface area contributed by atoms with Gasteiger partial charge in [0.05, 0.1) is 19.6 Å². The standard InChI is InChI=1S/C21H29NO3/c1-4-5-6-7-8-9-10-19-16(2)20(23)22(21(19)24)15-17-11-13-18(25-3)14-12-17/h10-14,16H,4-9,15H2,1-3H3/b19-10-. The Morgan fingerprint density at radius 1 is 1.08 bits per heavy atom. The minimum Gasteiger partial charge on any atom is -0.497 e. The molecule has 0 N–H and O–H groups in total. The maximum atomic E-state index is 12.6. The summed E-state index contributed by atoms with van der Waals surface area (Å²) in [5.74, 6) is 0.196. The number of rotatable bonds is 9. The van der Waals surface area contributed by atoms with E-state index in [0.29, 0.717) is 12.1 Å². The van der Waals surface area contributed by atoms with Gasteiger partial charge in [-0.1, -0.05) is 50.8 Å². The van der Waals surface area contributed by atoms with Crippen LogP contribution in [0.15, 0.2) is 35.9 Å². The summed E-state index contributed by atoms with van der Waals surface area (Å²) in [5, 5.41) is 0. The van der Waals surface area contributed by atoms with Crippen LogP contribution in [0.2, 0.25) is 0 Å². The number of carbonyl (C=O) groups excluding carboxylic acids is 2. The molecule has 1 atom stereocenters. The number of benzene rings is 1. The largest absolute Gasteiger partial charge is 0.497 e. The Morgan fingerprint density at radius 2 is 1.76 bits per heavy atom. The Morgan fingerprint density at radius 3 is 2.40 bits per heavy atom. The van der Waals surface area contributed by atoms with Gasteiger partial charge in [0.15, 0.2) is 0 Å². The van der Waals surface area contributed by atoms with Gasteiger partial charge in [0.25, 0.3) is 5.91 Å². The van der Waals surface area contributed by atoms with E-state index >= 15 is 0 Å². The number of carbonyl (C=O) groups is 2. The Bertz CT molecular complexity index is 619. The quantitative estimate of drug-likeness (QED) is 0.377. The first-order valence-electron chi connectivity index (χ1n) is 9.27. The molecule has 1 fully saturated rings. The first kappa shape index (κ1) is 19.2. The van der Waals surface area contributed by atoms with E-state index in [9.17, 15) is 9.59 Å². The van der Waals surface area contributed by atoms with E-state index < -0.39 is 0 Å². The van der Waals surface area contributed by atoms with Crippen LogP contribution >= 0.6 is 0 Å². The number of likely N-dealkylation sites (tertiary alicyclic amines) is 1. The van der Waals surface area contributed by atoms with Gasteiger partial charge in [0.2, 0.25) is 5.91 Å². The number of unbranched alkanes of at least 4 members (excludes halogenated alkanes) is 5. The zero-order valence-electron chi connectivity index (χ0n) is 15.6. The molecular formula is C21H29NO3. The van der Waals surface area contributed by atoms with Crippen LogP contribution in [0, 0.1) is 5.92 Å². The zero-order chi connectivity index (χ0) is 18.2. The summed E-state index contributed by atoms with van der Waals surface area (Å²) in [6, 6.07) is 7.46. The third-order valence-electron chi connectivity index (χ3n) is 4.77. The number of ether oxygens (including phenoxy) is 1. The summed E-state index contributed by atoms with van der Waals surface area (Å²) in [6.45, 7) is 4.35. The van der Waals surface area contributed by atoms with Crippen LogP contribution in [0.4, 0.5) is 0 Å². The molecule has 2 amide bonds. The lowest BCUT2D eigenvalue weighted by Gasteiger charge is -2.14. The highest BCUT2D eigenvalue weighted by molar-refractivity contribution is 6.14. The maximum absolute atomic E-state index is 12.6. The maximum Gasteiger partial charge on any atom is 0.257 e. The van der Waals surface area contributed by atoms with Gasteiger partial charge in [-0.15, -0.1) is 0 Å². The van der Waals surface area contributed by atoms with Crippen molar-refractivity contribution in [2.75, 3.05) is 7.11 Å². The second kappa shape index (κ2) is 9.40. The molecule has 1 aromatic rings. The summed E-state index contributed by atoms with van der Waals surface area (Å²) < 4.78 is 5.14. The highest BCUT2D eigenvalue weighted by Gasteiger charge is 2.39. The van der Waals surface area contributed by atoms with Crippen molar-refractivity contribution < 1.29 is 14.3 Å². The Kier molecular flexibility index (Phi) is 7.23. The summed E-state index contributed by atoms with van der Waals surface area (Å²) in [6.07, 6.45) is 8.85. The second-order valence-corrected chi connectivity index (χ2v) is 6.66. The lowest BCUT2D eigenvalue weighted by atomic mass is 10.0. The number of methoxy groups -OCH3 is 1. The summed E-state index contributed by atoms with van der Waals surface area (Å²) >= 11 is 0. The molecular weight excluding hydrogens is 314 g/mol. The van der Waals surface area contributed by atoms with E-state index in [4.69, 9.17) is 4.74 Å². The smallest absolute Gasteiger partial charge is 0.257 e. The minimum absolute atomic E-state index is 0.0990. The van der Waals surface area contributed by atoms with Crippen molar-refractivity contribution >= 4 is 11.8 Å². The molecule has 4 nitrogen and oxygen atoms in total. The topological polar surface area (TPSA) is 46.6 Å². The molecule has 0 spiro atoms. The molecule has 2 rings (SSSR count). The third kappa shape index (κ3) is 4.94. The number of nitrogens with zero attached hydrogens (tertiary/aromatic N) is 1. The molecule has 1 heterocycles. The van der Waals surface area contributed by atoms with Crippen LogP contribution < -0.4 is 4.74 Å². The second-order valence-electron chi connectivity index (χ2n) is 6.66. The van der Waals surface area contributed by atoms with Gasteiger partial charge in [-0.3, -0.25) is 14.5 Å². The van der Waals surface area contributed by atoms with Crippen molar-refractivity contribution in [3.8, 4) is 5.75 Å². The molecule has 1 saturated heterocycles. The zero-order valence-corrected chi connectivity index (χ0v) is 15.6. The van der Waals surface area contributed by atoms with Gasteiger partial charge in [-0.2, -0.15) is 0 Å². The fourth-order valence-electron chi connectivity index (χ4n) is 3.14. The van der Waals surface area contributed by atoms with Gasteiger partial charge in [0, 0.05) is 5.57 Å². The summed E-state index contributed by atoms with van der Waals surface area (Å²) in [7, 11) is 1.61. The number of amides is 2. The van der Waals surface area contributed by atoms with Crippen LogP contribution in [0.5, 0.6) is 5.75 Å². The van der Waals surface area contributed by atoms with E-state index in [1.165, 1.54) is 30.6 Å². The Labute approximate surface area is 150 Å². The fourth-order valence-corrected chi connectivity index (χ4v) is 3.14. The highest BCUT2D eigenvalue weighted by Crippen LogP contribution is 2.28. The van der Waals surface area contributed by atoms with E-state index in [0.717, 1.165) is 24.2 Å². The average molecular weight is 343 g/mol. The number of allylic oxidation sites excluding steroid dienone is 1. The van der Waals surface area contributed by atoms with Crippen molar-refractivity contribution in [3.63, 3.8) is 0 Å². The molecule has 0 radical (unpaired) electrons. The minimum atomic E-state index is -0.332. The third-order valence-corrected chi connectivity index (χ3v) is 4.77. The molecule has 1 aliphatic rings. The van der Waals surface area contributed by atoms with Gasteiger partial charge in [-0.25, -0.2) is 0 Å². The van der Waals surface area contributed by atoms with Crippen LogP contribution in [0.25, 0.3) is 0 Å². The lowest BCUT2D eigenvalue weighted by Crippen LogP contribution is -2.29. The number of hydrogen-bond donors (Lipinski definition) is 0. The number of imide groups is 1. The van der Waals surface area contributed by atoms with E-state index in [2.05, 4.69) is 6.92 Å². The monoisotopic (exact) mass is 343 g/mol. The van der Waals surface area contributed by atoms with Crippen LogP contribution in [0.1, 0.15) is 57.9 Å². The first-order chi connectivity index (χ1) is 12.1. The van der Waals surface area contributed by atoms with Crippen molar-refractivity contribution in [3.05, 3.63) is 41.5 Å². The van der Waals surface area contributed by atoms with E-state index in [1.54, 1.807) is 7.11 Å². The van der Waals surface area contributed by atoms with E-state index in [-0.39, 0.29) is 17.7 Å². The van der Waals surface area contributed by atoms with Gasteiger partial charge < -0.3 is 4.74 Å². The predicted molar refractivity (Wildman–Crippen MR) is 99.2 cm³/mol. The Hall–Kier alpha value is -2.10. The normalized spacial score (nSPS) is 19.1. The summed E-state index contributed by atoms with van der Waals surface area (Å²) in [4.78, 5) is 26.5. The summed E-state index contributed by atoms with van der Waals surface area (Å²) in [5.41, 5.74) is 1.59. The van der Waals surface area contributed by atoms with Crippen LogP contribution in [-0.2, 0) is 16.1 Å². The molecule has 136 valence electrons. The molecule has 25 heavy (non-hydrogen) atoms.